The third-order valence-electron chi connectivity index (χ3n) is 2.21. The SMILES string of the molecule is CC.COc1ccc(CCC(C)=O)cc1OC. The molecule has 0 unspecified atom stereocenters. The quantitative estimate of drug-likeness (QED) is 0.790. The zero-order valence-electron chi connectivity index (χ0n) is 11.4. The molecule has 0 spiro atoms. The van der Waals surface area contributed by atoms with Gasteiger partial charge in [-0.2, -0.15) is 0 Å². The molecule has 0 aliphatic carbocycles. The second kappa shape index (κ2) is 8.62. The van der Waals surface area contributed by atoms with Crippen LogP contribution in [0.25, 0.3) is 0 Å². The highest BCUT2D eigenvalue weighted by Crippen LogP contribution is 2.27. The normalized spacial score (nSPS) is 9.00. The monoisotopic (exact) mass is 238 g/mol. The second-order valence-electron chi connectivity index (χ2n) is 3.39. The molecule has 0 bridgehead atoms. The average molecular weight is 238 g/mol. The van der Waals surface area contributed by atoms with Gasteiger partial charge in [0.25, 0.3) is 0 Å². The van der Waals surface area contributed by atoms with Crippen LogP contribution in [-0.2, 0) is 11.2 Å². The van der Waals surface area contributed by atoms with Gasteiger partial charge in [0.15, 0.2) is 11.5 Å². The number of methoxy groups -OCH3 is 2. The van der Waals surface area contributed by atoms with Crippen molar-refractivity contribution >= 4 is 5.78 Å². The van der Waals surface area contributed by atoms with Gasteiger partial charge in [-0.15, -0.1) is 0 Å². The van der Waals surface area contributed by atoms with Gasteiger partial charge in [0.1, 0.15) is 5.78 Å². The first-order valence-electron chi connectivity index (χ1n) is 5.87. The Bertz CT molecular complexity index is 345. The predicted octanol–water partition coefficient (Wildman–Crippen LogP) is 3.25. The van der Waals surface area contributed by atoms with Crippen LogP contribution in [0.3, 0.4) is 0 Å². The molecular formula is C14H22O3. The van der Waals surface area contributed by atoms with E-state index >= 15 is 0 Å². The fraction of sp³-hybridized carbons (Fsp3) is 0.500. The molecule has 0 aliphatic rings. The maximum absolute atomic E-state index is 10.8. The van der Waals surface area contributed by atoms with E-state index < -0.39 is 0 Å². The van der Waals surface area contributed by atoms with Crippen molar-refractivity contribution in [2.75, 3.05) is 14.2 Å². The summed E-state index contributed by atoms with van der Waals surface area (Å²) in [5, 5.41) is 0. The lowest BCUT2D eigenvalue weighted by atomic mass is 10.1. The summed E-state index contributed by atoms with van der Waals surface area (Å²) in [6.07, 6.45) is 1.31. The van der Waals surface area contributed by atoms with Crippen LogP contribution < -0.4 is 9.47 Å². The predicted molar refractivity (Wildman–Crippen MR) is 69.9 cm³/mol. The van der Waals surface area contributed by atoms with Crippen molar-refractivity contribution in [3.8, 4) is 11.5 Å². The van der Waals surface area contributed by atoms with Crippen molar-refractivity contribution in [2.45, 2.75) is 33.6 Å². The first-order valence-corrected chi connectivity index (χ1v) is 5.87. The molecule has 0 radical (unpaired) electrons. The van der Waals surface area contributed by atoms with Crippen LogP contribution in [0.15, 0.2) is 18.2 Å². The molecule has 17 heavy (non-hydrogen) atoms. The molecule has 1 aromatic carbocycles. The van der Waals surface area contributed by atoms with E-state index in [-0.39, 0.29) is 5.78 Å². The zero-order chi connectivity index (χ0) is 13.3. The second-order valence-corrected chi connectivity index (χ2v) is 3.39. The summed E-state index contributed by atoms with van der Waals surface area (Å²) in [6.45, 7) is 5.60. The van der Waals surface area contributed by atoms with Crippen LogP contribution >= 0.6 is 0 Å². The summed E-state index contributed by atoms with van der Waals surface area (Å²) in [4.78, 5) is 10.8. The lowest BCUT2D eigenvalue weighted by Crippen LogP contribution is -1.96. The van der Waals surface area contributed by atoms with Crippen LogP contribution in [0.1, 0.15) is 32.8 Å². The smallest absolute Gasteiger partial charge is 0.160 e. The molecule has 0 saturated carbocycles. The summed E-state index contributed by atoms with van der Waals surface area (Å²) in [5.41, 5.74) is 1.09. The van der Waals surface area contributed by atoms with Crippen LogP contribution in [0.2, 0.25) is 0 Å². The van der Waals surface area contributed by atoms with Gasteiger partial charge in [0.2, 0.25) is 0 Å². The van der Waals surface area contributed by atoms with E-state index in [0.29, 0.717) is 17.9 Å². The van der Waals surface area contributed by atoms with Gasteiger partial charge in [-0.3, -0.25) is 0 Å². The fourth-order valence-electron chi connectivity index (χ4n) is 1.36. The van der Waals surface area contributed by atoms with Gasteiger partial charge < -0.3 is 14.3 Å². The summed E-state index contributed by atoms with van der Waals surface area (Å²) >= 11 is 0. The lowest BCUT2D eigenvalue weighted by Gasteiger charge is -2.08. The van der Waals surface area contributed by atoms with Crippen molar-refractivity contribution in [3.63, 3.8) is 0 Å². The van der Waals surface area contributed by atoms with E-state index in [2.05, 4.69) is 0 Å². The molecule has 96 valence electrons. The van der Waals surface area contributed by atoms with Crippen molar-refractivity contribution in [1.82, 2.24) is 0 Å². The highest BCUT2D eigenvalue weighted by atomic mass is 16.5. The number of hydrogen-bond donors (Lipinski definition) is 0. The number of ketones is 1. The Labute approximate surface area is 104 Å². The van der Waals surface area contributed by atoms with Gasteiger partial charge in [0, 0.05) is 6.42 Å². The standard InChI is InChI=1S/C12H16O3.C2H6/c1-9(13)4-5-10-6-7-11(14-2)12(8-10)15-3;1-2/h6-8H,4-5H2,1-3H3;1-2H3. The minimum atomic E-state index is 0.199. The minimum Gasteiger partial charge on any atom is -0.493 e. The van der Waals surface area contributed by atoms with Gasteiger partial charge in [-0.25, -0.2) is 0 Å². The van der Waals surface area contributed by atoms with Crippen molar-refractivity contribution in [3.05, 3.63) is 23.8 Å². The molecule has 0 saturated heterocycles. The Balaban J connectivity index is 0.00000121. The molecule has 0 heterocycles. The van der Waals surface area contributed by atoms with E-state index in [4.69, 9.17) is 9.47 Å². The van der Waals surface area contributed by atoms with Gasteiger partial charge >= 0.3 is 0 Å². The number of Topliss-reactive ketones (excluding diaryl/α,β-unsaturated/α-hetero) is 1. The molecular weight excluding hydrogens is 216 g/mol. The van der Waals surface area contributed by atoms with Crippen molar-refractivity contribution < 1.29 is 14.3 Å². The van der Waals surface area contributed by atoms with Gasteiger partial charge in [0.05, 0.1) is 14.2 Å². The third kappa shape index (κ3) is 5.38. The fourth-order valence-corrected chi connectivity index (χ4v) is 1.36. The Kier molecular flexibility index (Phi) is 7.85. The number of hydrogen-bond acceptors (Lipinski definition) is 3. The maximum atomic E-state index is 10.8. The molecule has 0 amide bonds. The number of rotatable bonds is 5. The van der Waals surface area contributed by atoms with Gasteiger partial charge in [-0.05, 0) is 31.0 Å². The summed E-state index contributed by atoms with van der Waals surface area (Å²) in [5.74, 6) is 1.62. The highest BCUT2D eigenvalue weighted by Gasteiger charge is 2.04. The summed E-state index contributed by atoms with van der Waals surface area (Å²) in [6, 6.07) is 5.71. The maximum Gasteiger partial charge on any atom is 0.160 e. The first kappa shape index (κ1) is 15.5. The minimum absolute atomic E-state index is 0.199. The molecule has 0 atom stereocenters. The molecule has 1 rings (SSSR count). The topological polar surface area (TPSA) is 35.5 Å². The Morgan fingerprint density at radius 3 is 2.18 bits per heavy atom. The third-order valence-corrected chi connectivity index (χ3v) is 2.21. The highest BCUT2D eigenvalue weighted by molar-refractivity contribution is 5.75. The number of ether oxygens (including phenoxy) is 2. The molecule has 0 N–H and O–H groups in total. The average Bonchev–Trinajstić information content (AvgIpc) is 2.38. The van der Waals surface area contributed by atoms with Crippen LogP contribution in [0, 0.1) is 0 Å². The lowest BCUT2D eigenvalue weighted by molar-refractivity contribution is -0.116. The van der Waals surface area contributed by atoms with E-state index in [1.165, 1.54) is 0 Å². The summed E-state index contributed by atoms with van der Waals surface area (Å²) < 4.78 is 10.3. The molecule has 3 nitrogen and oxygen atoms in total. The van der Waals surface area contributed by atoms with Crippen LogP contribution in [-0.4, -0.2) is 20.0 Å². The largest absolute Gasteiger partial charge is 0.493 e. The van der Waals surface area contributed by atoms with E-state index in [9.17, 15) is 4.79 Å². The number of carbonyl (C=O) groups is 1. The van der Waals surface area contributed by atoms with Crippen LogP contribution in [0.5, 0.6) is 11.5 Å². The Morgan fingerprint density at radius 2 is 1.71 bits per heavy atom. The number of aryl methyl sites for hydroxylation is 1. The Hall–Kier alpha value is -1.51. The molecule has 1 aromatic rings. The summed E-state index contributed by atoms with van der Waals surface area (Å²) in [7, 11) is 3.21. The van der Waals surface area contributed by atoms with Crippen molar-refractivity contribution in [2.24, 2.45) is 0 Å². The number of carbonyl (C=O) groups excluding carboxylic acids is 1. The van der Waals surface area contributed by atoms with E-state index in [1.54, 1.807) is 21.1 Å². The first-order chi connectivity index (χ1) is 8.17. The van der Waals surface area contributed by atoms with Crippen molar-refractivity contribution in [1.29, 1.82) is 0 Å². The molecule has 0 aromatic heterocycles. The van der Waals surface area contributed by atoms with E-state index in [1.807, 2.05) is 32.0 Å². The Morgan fingerprint density at radius 1 is 1.12 bits per heavy atom. The molecule has 0 aliphatic heterocycles. The molecule has 3 heteroatoms. The van der Waals surface area contributed by atoms with Gasteiger partial charge in [-0.1, -0.05) is 19.9 Å². The zero-order valence-corrected chi connectivity index (χ0v) is 11.4. The van der Waals surface area contributed by atoms with Crippen LogP contribution in [0.4, 0.5) is 0 Å². The molecule has 0 fully saturated rings. The van der Waals surface area contributed by atoms with E-state index in [0.717, 1.165) is 12.0 Å². The number of benzene rings is 1.